The van der Waals surface area contributed by atoms with Crippen molar-refractivity contribution >= 4 is 22.7 Å². The SMILES string of the molecule is Cc1ccc(COc2cccc3oc(=O)c(C(=O)C(N)C(=O)O)c(O)c23)cc1. The Labute approximate surface area is 158 Å². The van der Waals surface area contributed by atoms with Gasteiger partial charge in [0.2, 0.25) is 5.78 Å². The zero-order valence-corrected chi connectivity index (χ0v) is 14.8. The molecule has 8 heteroatoms. The Morgan fingerprint density at radius 3 is 2.50 bits per heavy atom. The van der Waals surface area contributed by atoms with Crippen LogP contribution in [0.1, 0.15) is 21.5 Å². The van der Waals surface area contributed by atoms with Crippen LogP contribution < -0.4 is 16.1 Å². The fraction of sp³-hybridized carbons (Fsp3) is 0.150. The summed E-state index contributed by atoms with van der Waals surface area (Å²) in [5, 5.41) is 19.4. The minimum Gasteiger partial charge on any atom is -0.506 e. The molecule has 0 amide bonds. The van der Waals surface area contributed by atoms with Crippen LogP contribution in [-0.2, 0) is 11.4 Å². The third-order valence-corrected chi connectivity index (χ3v) is 4.18. The molecule has 0 spiro atoms. The first-order valence-corrected chi connectivity index (χ1v) is 8.29. The molecule has 0 bridgehead atoms. The minimum atomic E-state index is -2.01. The summed E-state index contributed by atoms with van der Waals surface area (Å²) in [5.74, 6) is -3.45. The highest BCUT2D eigenvalue weighted by Gasteiger charge is 2.30. The summed E-state index contributed by atoms with van der Waals surface area (Å²) in [4.78, 5) is 35.3. The van der Waals surface area contributed by atoms with E-state index in [1.54, 1.807) is 6.07 Å². The van der Waals surface area contributed by atoms with Crippen molar-refractivity contribution in [2.45, 2.75) is 19.6 Å². The first-order valence-electron chi connectivity index (χ1n) is 8.29. The van der Waals surface area contributed by atoms with Crippen molar-refractivity contribution in [3.05, 3.63) is 69.6 Å². The molecule has 3 rings (SSSR count). The highest BCUT2D eigenvalue weighted by atomic mass is 16.5. The monoisotopic (exact) mass is 383 g/mol. The molecule has 2 aromatic carbocycles. The average Bonchev–Trinajstić information content (AvgIpc) is 2.66. The third kappa shape index (κ3) is 3.58. The van der Waals surface area contributed by atoms with E-state index in [4.69, 9.17) is 20.0 Å². The molecule has 3 aromatic rings. The molecule has 0 aliphatic carbocycles. The number of rotatable bonds is 6. The van der Waals surface area contributed by atoms with Gasteiger partial charge in [0.1, 0.15) is 34.6 Å². The summed E-state index contributed by atoms with van der Waals surface area (Å²) >= 11 is 0. The van der Waals surface area contributed by atoms with Gasteiger partial charge in [-0.1, -0.05) is 35.9 Å². The molecule has 4 N–H and O–H groups in total. The molecule has 1 atom stereocenters. The Balaban J connectivity index is 2.05. The Hall–Kier alpha value is -3.65. The molecular weight excluding hydrogens is 366 g/mol. The van der Waals surface area contributed by atoms with Crippen LogP contribution >= 0.6 is 0 Å². The lowest BCUT2D eigenvalue weighted by Crippen LogP contribution is -2.40. The molecule has 1 aromatic heterocycles. The summed E-state index contributed by atoms with van der Waals surface area (Å²) in [6.07, 6.45) is 0. The Kier molecular flexibility index (Phi) is 5.14. The molecule has 0 fully saturated rings. The molecule has 1 unspecified atom stereocenters. The first kappa shape index (κ1) is 19.1. The Morgan fingerprint density at radius 2 is 1.86 bits per heavy atom. The molecular formula is C20H17NO7. The minimum absolute atomic E-state index is 0.00986. The number of carboxylic acids is 1. The molecule has 144 valence electrons. The lowest BCUT2D eigenvalue weighted by Gasteiger charge is -2.12. The third-order valence-electron chi connectivity index (χ3n) is 4.18. The number of fused-ring (bicyclic) bond motifs is 1. The maximum atomic E-state index is 12.2. The van der Waals surface area contributed by atoms with Crippen molar-refractivity contribution < 1.29 is 29.0 Å². The highest BCUT2D eigenvalue weighted by molar-refractivity contribution is 6.14. The van der Waals surface area contributed by atoms with Gasteiger partial charge in [-0.2, -0.15) is 0 Å². The summed E-state index contributed by atoms with van der Waals surface area (Å²) in [5.41, 5.74) is 5.23. The Morgan fingerprint density at radius 1 is 1.18 bits per heavy atom. The number of aliphatic carboxylic acids is 1. The van der Waals surface area contributed by atoms with Gasteiger partial charge in [-0.15, -0.1) is 0 Å². The quantitative estimate of drug-likeness (QED) is 0.333. The fourth-order valence-electron chi connectivity index (χ4n) is 2.65. The molecule has 1 heterocycles. The van der Waals surface area contributed by atoms with E-state index < -0.39 is 34.7 Å². The normalized spacial score (nSPS) is 11.9. The first-order chi connectivity index (χ1) is 13.3. The second kappa shape index (κ2) is 7.53. The summed E-state index contributed by atoms with van der Waals surface area (Å²) < 4.78 is 10.8. The number of aromatic hydroxyl groups is 1. The van der Waals surface area contributed by atoms with E-state index in [1.807, 2.05) is 31.2 Å². The predicted molar refractivity (Wildman–Crippen MR) is 99.6 cm³/mol. The molecule has 28 heavy (non-hydrogen) atoms. The van der Waals surface area contributed by atoms with Crippen LogP contribution in [0.5, 0.6) is 11.5 Å². The number of benzene rings is 2. The molecule has 0 saturated carbocycles. The number of carbonyl (C=O) groups is 2. The number of hydrogen-bond acceptors (Lipinski definition) is 7. The van der Waals surface area contributed by atoms with E-state index in [1.165, 1.54) is 12.1 Å². The van der Waals surface area contributed by atoms with Gasteiger partial charge in [-0.3, -0.25) is 9.59 Å². The smallest absolute Gasteiger partial charge is 0.351 e. The van der Waals surface area contributed by atoms with E-state index in [0.29, 0.717) is 0 Å². The van der Waals surface area contributed by atoms with Crippen LogP contribution in [0.4, 0.5) is 0 Å². The summed E-state index contributed by atoms with van der Waals surface area (Å²) in [6.45, 7) is 2.12. The standard InChI is InChI=1S/C20H17NO7/c1-10-5-7-11(8-6-10)9-27-12-3-2-4-13-14(12)17(22)15(20(26)28-13)18(23)16(21)19(24)25/h2-8,16,22H,9,21H2,1H3,(H,24,25). The van der Waals surface area contributed by atoms with E-state index in [9.17, 15) is 19.5 Å². The van der Waals surface area contributed by atoms with Gasteiger partial charge in [0.15, 0.2) is 6.04 Å². The fourth-order valence-corrected chi connectivity index (χ4v) is 2.65. The number of ether oxygens (including phenoxy) is 1. The van der Waals surface area contributed by atoms with Crippen molar-refractivity contribution in [2.24, 2.45) is 5.73 Å². The molecule has 0 radical (unpaired) electrons. The summed E-state index contributed by atoms with van der Waals surface area (Å²) in [7, 11) is 0. The summed E-state index contributed by atoms with van der Waals surface area (Å²) in [6, 6.07) is 10.1. The zero-order valence-electron chi connectivity index (χ0n) is 14.8. The number of nitrogens with two attached hydrogens (primary N) is 1. The predicted octanol–water partition coefficient (Wildman–Crippen LogP) is 1.98. The molecule has 8 nitrogen and oxygen atoms in total. The maximum absolute atomic E-state index is 12.2. The van der Waals surface area contributed by atoms with Gasteiger partial charge < -0.3 is 25.1 Å². The molecule has 0 aliphatic heterocycles. The van der Waals surface area contributed by atoms with E-state index in [0.717, 1.165) is 11.1 Å². The van der Waals surface area contributed by atoms with Gasteiger partial charge >= 0.3 is 11.6 Å². The molecule has 0 saturated heterocycles. The van der Waals surface area contributed by atoms with Gasteiger partial charge in [0.05, 0.1) is 0 Å². The van der Waals surface area contributed by atoms with Crippen LogP contribution in [0.2, 0.25) is 0 Å². The van der Waals surface area contributed by atoms with Gasteiger partial charge in [0, 0.05) is 0 Å². The zero-order chi connectivity index (χ0) is 20.4. The van der Waals surface area contributed by atoms with Gasteiger partial charge in [0.25, 0.3) is 0 Å². The Bertz CT molecular complexity index is 1120. The van der Waals surface area contributed by atoms with E-state index in [2.05, 4.69) is 0 Å². The maximum Gasteiger partial charge on any atom is 0.351 e. The van der Waals surface area contributed by atoms with Crippen LogP contribution in [0.25, 0.3) is 11.0 Å². The number of carboxylic acid groups (broad SMARTS) is 1. The number of aryl methyl sites for hydroxylation is 1. The lowest BCUT2D eigenvalue weighted by molar-refractivity contribution is -0.137. The lowest BCUT2D eigenvalue weighted by atomic mass is 10.0. The highest BCUT2D eigenvalue weighted by Crippen LogP contribution is 2.35. The van der Waals surface area contributed by atoms with Gasteiger partial charge in [-0.25, -0.2) is 4.79 Å². The van der Waals surface area contributed by atoms with Crippen LogP contribution in [-0.4, -0.2) is 28.0 Å². The van der Waals surface area contributed by atoms with Crippen molar-refractivity contribution in [1.29, 1.82) is 0 Å². The van der Waals surface area contributed by atoms with Crippen molar-refractivity contribution in [2.75, 3.05) is 0 Å². The number of carbonyl (C=O) groups excluding carboxylic acids is 1. The van der Waals surface area contributed by atoms with Crippen LogP contribution in [0, 0.1) is 6.92 Å². The van der Waals surface area contributed by atoms with E-state index >= 15 is 0 Å². The number of hydrogen-bond donors (Lipinski definition) is 3. The second-order valence-corrected chi connectivity index (χ2v) is 6.20. The topological polar surface area (TPSA) is 140 Å². The van der Waals surface area contributed by atoms with Crippen LogP contribution in [0.15, 0.2) is 51.7 Å². The molecule has 0 aliphatic rings. The van der Waals surface area contributed by atoms with Crippen molar-refractivity contribution in [3.8, 4) is 11.5 Å². The van der Waals surface area contributed by atoms with Crippen molar-refractivity contribution in [3.63, 3.8) is 0 Å². The van der Waals surface area contributed by atoms with E-state index in [-0.39, 0.29) is 23.3 Å². The number of ketones is 1. The van der Waals surface area contributed by atoms with Crippen LogP contribution in [0.3, 0.4) is 0 Å². The number of Topliss-reactive ketones (excluding diaryl/α,β-unsaturated/α-hetero) is 1. The second-order valence-electron chi connectivity index (χ2n) is 6.20. The largest absolute Gasteiger partial charge is 0.506 e. The van der Waals surface area contributed by atoms with Crippen molar-refractivity contribution in [1.82, 2.24) is 0 Å². The van der Waals surface area contributed by atoms with Gasteiger partial charge in [-0.05, 0) is 24.6 Å². The average molecular weight is 383 g/mol.